The predicted octanol–water partition coefficient (Wildman–Crippen LogP) is 25.7. The van der Waals surface area contributed by atoms with E-state index < -0.39 is 20.0 Å². The number of hydrogen-bond donors (Lipinski definition) is 2. The summed E-state index contributed by atoms with van der Waals surface area (Å²) in [6, 6.07) is -0.813. The molecular formula is C85H153N2O6P. The number of allylic oxidation sites excluding steroid dienone is 20. The highest BCUT2D eigenvalue weighted by Crippen LogP contribution is 2.38. The van der Waals surface area contributed by atoms with Gasteiger partial charge in [0.15, 0.2) is 0 Å². The number of carbonyl (C=O) groups excluding carboxylic acids is 1. The quantitative estimate of drug-likeness (QED) is 0.0272. The minimum atomic E-state index is -4.59. The van der Waals surface area contributed by atoms with Gasteiger partial charge in [-0.2, -0.15) is 0 Å². The fourth-order valence-electron chi connectivity index (χ4n) is 11.6. The van der Waals surface area contributed by atoms with E-state index in [0.717, 1.165) is 109 Å². The maximum atomic E-state index is 13.1. The van der Waals surface area contributed by atoms with Crippen LogP contribution in [0.2, 0.25) is 0 Å². The number of quaternary nitrogens is 1. The summed E-state index contributed by atoms with van der Waals surface area (Å²) in [6.45, 7) is 4.64. The lowest BCUT2D eigenvalue weighted by atomic mass is 10.0. The fraction of sp³-hybridized carbons (Fsp3) is 0.753. The normalized spacial score (nSPS) is 14.2. The number of phosphoric ester groups is 1. The van der Waals surface area contributed by atoms with Crippen molar-refractivity contribution in [1.82, 2.24) is 5.32 Å². The van der Waals surface area contributed by atoms with Gasteiger partial charge in [-0.15, -0.1) is 0 Å². The highest BCUT2D eigenvalue weighted by Gasteiger charge is 2.24. The third kappa shape index (κ3) is 76.3. The molecule has 0 fully saturated rings. The summed E-state index contributed by atoms with van der Waals surface area (Å²) < 4.78 is 23.6. The molecule has 8 nitrogen and oxygen atoms in total. The molecule has 0 aliphatic carbocycles. The second-order valence-corrected chi connectivity index (χ2v) is 29.5. The van der Waals surface area contributed by atoms with Crippen molar-refractivity contribution in [3.05, 3.63) is 122 Å². The van der Waals surface area contributed by atoms with Crippen molar-refractivity contribution >= 4 is 13.7 Å². The molecule has 3 unspecified atom stereocenters. The fourth-order valence-corrected chi connectivity index (χ4v) is 12.3. The molecule has 0 spiro atoms. The molecule has 1 amide bonds. The first-order valence-corrected chi connectivity index (χ1v) is 41.3. The summed E-state index contributed by atoms with van der Waals surface area (Å²) in [7, 11) is 1.30. The van der Waals surface area contributed by atoms with E-state index in [1.54, 1.807) is 0 Å². The minimum absolute atomic E-state index is 0.00723. The van der Waals surface area contributed by atoms with Crippen LogP contribution in [0.25, 0.3) is 0 Å². The van der Waals surface area contributed by atoms with Crippen molar-refractivity contribution in [3.8, 4) is 0 Å². The first kappa shape index (κ1) is 90.9. The second-order valence-electron chi connectivity index (χ2n) is 28.0. The van der Waals surface area contributed by atoms with E-state index >= 15 is 0 Å². The Hall–Kier alpha value is -3.10. The first-order valence-electron chi connectivity index (χ1n) is 39.9. The number of aliphatic hydroxyl groups is 1. The van der Waals surface area contributed by atoms with Gasteiger partial charge in [0.1, 0.15) is 13.2 Å². The molecule has 0 heterocycles. The molecule has 0 saturated heterocycles. The minimum Gasteiger partial charge on any atom is -0.756 e. The van der Waals surface area contributed by atoms with Gasteiger partial charge >= 0.3 is 0 Å². The van der Waals surface area contributed by atoms with Crippen LogP contribution in [-0.2, 0) is 18.4 Å². The predicted molar refractivity (Wildman–Crippen MR) is 412 cm³/mol. The van der Waals surface area contributed by atoms with Crippen molar-refractivity contribution in [2.24, 2.45) is 0 Å². The summed E-state index contributed by atoms with van der Waals surface area (Å²) in [5, 5.41) is 14.1. The van der Waals surface area contributed by atoms with Gasteiger partial charge in [0.2, 0.25) is 5.91 Å². The zero-order valence-electron chi connectivity index (χ0n) is 62.4. The molecule has 0 aromatic carbocycles. The average Bonchev–Trinajstić information content (AvgIpc) is 1.77. The van der Waals surface area contributed by atoms with E-state index in [1.165, 1.54) is 225 Å². The van der Waals surface area contributed by atoms with Crippen LogP contribution in [0.3, 0.4) is 0 Å². The molecule has 0 bridgehead atoms. The summed E-state index contributed by atoms with van der Waals surface area (Å²) in [5.41, 5.74) is 0. The molecular weight excluding hydrogens is 1180 g/mol. The van der Waals surface area contributed by atoms with E-state index in [-0.39, 0.29) is 19.1 Å². The molecule has 0 aromatic rings. The number of rotatable bonds is 73. The van der Waals surface area contributed by atoms with E-state index in [0.29, 0.717) is 23.9 Å². The van der Waals surface area contributed by atoms with Crippen LogP contribution in [0.1, 0.15) is 361 Å². The van der Waals surface area contributed by atoms with Gasteiger partial charge in [-0.3, -0.25) is 9.36 Å². The second kappa shape index (κ2) is 74.1. The summed E-state index contributed by atoms with van der Waals surface area (Å²) in [6.07, 6.45) is 110. The number of carbonyl (C=O) groups is 1. The molecule has 9 heteroatoms. The van der Waals surface area contributed by atoms with Crippen molar-refractivity contribution < 1.29 is 32.9 Å². The molecule has 3 atom stereocenters. The Morgan fingerprint density at radius 1 is 0.383 bits per heavy atom. The van der Waals surface area contributed by atoms with Gasteiger partial charge in [0.25, 0.3) is 7.82 Å². The Bertz CT molecular complexity index is 1960. The topological polar surface area (TPSA) is 108 Å². The number of nitrogens with zero attached hydrogens (tertiary/aromatic N) is 1. The highest BCUT2D eigenvalue weighted by molar-refractivity contribution is 7.45. The van der Waals surface area contributed by atoms with Crippen LogP contribution in [-0.4, -0.2) is 68.5 Å². The molecule has 0 radical (unpaired) electrons. The smallest absolute Gasteiger partial charge is 0.268 e. The molecule has 94 heavy (non-hydrogen) atoms. The number of phosphoric acid groups is 1. The van der Waals surface area contributed by atoms with E-state index in [9.17, 15) is 19.4 Å². The Morgan fingerprint density at radius 2 is 0.649 bits per heavy atom. The van der Waals surface area contributed by atoms with Crippen molar-refractivity contribution in [3.63, 3.8) is 0 Å². The Balaban J connectivity index is 4.03. The summed E-state index contributed by atoms with van der Waals surface area (Å²) in [4.78, 5) is 25.8. The van der Waals surface area contributed by atoms with Crippen molar-refractivity contribution in [1.29, 1.82) is 0 Å². The monoisotopic (exact) mass is 1330 g/mol. The third-order valence-corrected chi connectivity index (χ3v) is 18.7. The molecule has 0 aliphatic heterocycles. The van der Waals surface area contributed by atoms with Gasteiger partial charge < -0.3 is 28.8 Å². The SMILES string of the molecule is CC/C=C\C/C=C\C/C=C\C/C=C\C/C=C\C/C=C\C/C=C\C/C=C\C/C=C\C/C=C\CCCCCCCCCCCCC(=O)NC(COP(=O)([O-])OCC[N+](C)(C)C)C(O)CCCCCCCCCCCCCCCCCCCCCCCCCCCCCCCCC. The van der Waals surface area contributed by atoms with Gasteiger partial charge in [0, 0.05) is 6.42 Å². The van der Waals surface area contributed by atoms with Crippen LogP contribution in [0.5, 0.6) is 0 Å². The lowest BCUT2D eigenvalue weighted by Gasteiger charge is -2.30. The highest BCUT2D eigenvalue weighted by atomic mass is 31.2. The lowest BCUT2D eigenvalue weighted by molar-refractivity contribution is -0.870. The number of nitrogens with one attached hydrogen (secondary N) is 1. The van der Waals surface area contributed by atoms with Crippen molar-refractivity contribution in [2.45, 2.75) is 373 Å². The molecule has 0 aliphatic rings. The number of unbranched alkanes of at least 4 members (excludes halogenated alkanes) is 40. The maximum Gasteiger partial charge on any atom is 0.268 e. The number of hydrogen-bond acceptors (Lipinski definition) is 6. The van der Waals surface area contributed by atoms with E-state index in [4.69, 9.17) is 9.05 Å². The average molecular weight is 1330 g/mol. The first-order chi connectivity index (χ1) is 46.0. The van der Waals surface area contributed by atoms with Crippen molar-refractivity contribution in [2.75, 3.05) is 40.9 Å². The van der Waals surface area contributed by atoms with Gasteiger partial charge in [-0.1, -0.05) is 386 Å². The van der Waals surface area contributed by atoms with Crippen LogP contribution in [0.15, 0.2) is 122 Å². The Morgan fingerprint density at radius 3 is 0.947 bits per heavy atom. The zero-order valence-corrected chi connectivity index (χ0v) is 63.3. The van der Waals surface area contributed by atoms with Crippen LogP contribution in [0, 0.1) is 0 Å². The van der Waals surface area contributed by atoms with Crippen LogP contribution < -0.4 is 10.2 Å². The maximum absolute atomic E-state index is 13.1. The molecule has 544 valence electrons. The largest absolute Gasteiger partial charge is 0.756 e. The Kier molecular flexibility index (Phi) is 71.7. The Labute approximate surface area is 584 Å². The zero-order chi connectivity index (χ0) is 68.3. The third-order valence-electron chi connectivity index (χ3n) is 17.7. The molecule has 0 saturated carbocycles. The van der Waals surface area contributed by atoms with Gasteiger partial charge in [-0.05, 0) is 89.9 Å². The number of likely N-dealkylation sites (N-methyl/N-ethyl adjacent to an activating group) is 1. The number of aliphatic hydroxyl groups excluding tert-OH is 1. The number of amides is 1. The molecule has 0 rings (SSSR count). The van der Waals surface area contributed by atoms with Crippen LogP contribution >= 0.6 is 7.82 Å². The van der Waals surface area contributed by atoms with E-state index in [1.807, 2.05) is 21.1 Å². The lowest BCUT2D eigenvalue weighted by Crippen LogP contribution is -2.46. The van der Waals surface area contributed by atoms with Gasteiger partial charge in [0.05, 0.1) is 39.9 Å². The van der Waals surface area contributed by atoms with Crippen LogP contribution in [0.4, 0.5) is 0 Å². The summed E-state index contributed by atoms with van der Waals surface area (Å²) >= 11 is 0. The van der Waals surface area contributed by atoms with E-state index in [2.05, 4.69) is 141 Å². The standard InChI is InChI=1S/C85H153N2O6P/c1-6-8-10-12-14-16-18-20-22-24-26-28-30-32-34-36-38-39-40-41-42-43-44-45-46-47-49-51-53-55-57-59-61-63-65-67-69-71-73-75-77-79-85(89)86-83(82-93-94(90,91)92-81-80-87(3,4)5)84(88)78-76-74-72-70-68-66-64-62-60-58-56-54-52-50-48-37-35-33-31-29-27-25-23-21-19-17-15-13-11-9-7-2/h8,10,14,16,20,22,26,28,32,34,38-39,41-42,44-45,47,49,53,55,83-84,88H,6-7,9,11-13,15,17-19,21,23-25,27,29-31,33,35-37,40,43,46,48,50-52,54,56-82H2,1-5H3,(H-,86,89,90,91)/b10-8-,16-14-,22-20-,28-26-,34-32-,39-38-,42-41-,45-44-,49-47-,55-53-. The molecule has 2 N–H and O–H groups in total. The van der Waals surface area contributed by atoms with Gasteiger partial charge in [-0.25, -0.2) is 0 Å². The molecule has 0 aromatic heterocycles. The summed E-state index contributed by atoms with van der Waals surface area (Å²) in [5.74, 6) is -0.169.